The van der Waals surface area contributed by atoms with E-state index in [-0.39, 0.29) is 0 Å². The lowest BCUT2D eigenvalue weighted by Crippen LogP contribution is -2.01. The lowest BCUT2D eigenvalue weighted by atomic mass is 10.3. The Labute approximate surface area is 150 Å². The summed E-state index contributed by atoms with van der Waals surface area (Å²) in [5.41, 5.74) is 0. The molecule has 0 heterocycles. The van der Waals surface area contributed by atoms with Crippen LogP contribution in [0.15, 0.2) is 48.5 Å². The van der Waals surface area contributed by atoms with Crippen LogP contribution in [0.5, 0.6) is 23.0 Å². The van der Waals surface area contributed by atoms with Gasteiger partial charge >= 0.3 is 0 Å². The van der Waals surface area contributed by atoms with Crippen molar-refractivity contribution in [3.05, 3.63) is 48.5 Å². The summed E-state index contributed by atoms with van der Waals surface area (Å²) >= 11 is 0. The zero-order chi connectivity index (χ0) is 18.3. The topological polar surface area (TPSA) is 60.8 Å². The van der Waals surface area contributed by atoms with Crippen molar-refractivity contribution < 1.29 is 18.9 Å². The number of hydrogen-bond donors (Lipinski definition) is 1. The summed E-state index contributed by atoms with van der Waals surface area (Å²) in [6, 6.07) is 15.0. The van der Waals surface area contributed by atoms with Gasteiger partial charge in [-0.2, -0.15) is 0 Å². The van der Waals surface area contributed by atoms with E-state index in [4.69, 9.17) is 24.4 Å². The molecule has 0 atom stereocenters. The molecule has 0 aliphatic rings. The van der Waals surface area contributed by atoms with Crippen LogP contribution in [-0.4, -0.2) is 33.6 Å². The third kappa shape index (κ3) is 8.77. The van der Waals surface area contributed by atoms with E-state index in [2.05, 4.69) is 0 Å². The van der Waals surface area contributed by atoms with Gasteiger partial charge in [-0.15, -0.1) is 0 Å². The maximum atomic E-state index is 6.33. The predicted octanol–water partition coefficient (Wildman–Crippen LogP) is 4.95. The highest BCUT2D eigenvalue weighted by molar-refractivity contribution is 5.51. The third-order valence-electron chi connectivity index (χ3n) is 3.08. The van der Waals surface area contributed by atoms with Crippen molar-refractivity contribution in [2.24, 2.45) is 0 Å². The molecule has 2 aromatic carbocycles. The van der Waals surface area contributed by atoms with Crippen LogP contribution in [-0.2, 0) is 4.74 Å². The first-order valence-corrected chi connectivity index (χ1v) is 8.26. The smallest absolute Gasteiger partial charge is 0.127 e. The molecule has 5 heteroatoms. The molecule has 2 rings (SSSR count). The molecule has 0 saturated carbocycles. The van der Waals surface area contributed by atoms with Gasteiger partial charge in [0.25, 0.3) is 0 Å². The minimum Gasteiger partial charge on any atom is -0.497 e. The summed E-state index contributed by atoms with van der Waals surface area (Å²) in [5, 5.41) is 6.33. The highest BCUT2D eigenvalue weighted by Gasteiger charge is 1.99. The molecular formula is C20H27NO4. The zero-order valence-corrected chi connectivity index (χ0v) is 15.2. The second-order valence-electron chi connectivity index (χ2n) is 5.06. The van der Waals surface area contributed by atoms with E-state index in [0.717, 1.165) is 35.8 Å². The molecule has 0 saturated heterocycles. The monoisotopic (exact) mass is 345 g/mol. The fourth-order valence-electron chi connectivity index (χ4n) is 1.78. The number of benzene rings is 2. The molecular weight excluding hydrogens is 318 g/mol. The molecule has 0 unspecified atom stereocenters. The molecule has 0 fully saturated rings. The van der Waals surface area contributed by atoms with Crippen LogP contribution < -0.4 is 14.2 Å². The zero-order valence-electron chi connectivity index (χ0n) is 15.2. The number of ether oxygens (including phenoxy) is 4. The minimum absolute atomic E-state index is 0.645. The fraction of sp³-hybridized carbons (Fsp3) is 0.350. The fourth-order valence-corrected chi connectivity index (χ4v) is 1.78. The number of nitrogens with one attached hydrogen (secondary N) is 1. The molecule has 5 nitrogen and oxygen atoms in total. The maximum absolute atomic E-state index is 6.33. The van der Waals surface area contributed by atoms with Crippen molar-refractivity contribution >= 4 is 6.21 Å². The van der Waals surface area contributed by atoms with E-state index in [9.17, 15) is 0 Å². The van der Waals surface area contributed by atoms with Crippen molar-refractivity contribution in [2.75, 3.05) is 27.4 Å². The number of methoxy groups -OCH3 is 2. The Hall–Kier alpha value is -2.53. The van der Waals surface area contributed by atoms with Gasteiger partial charge in [0, 0.05) is 20.1 Å². The SMILES string of the molecule is CCC=N.COCCCOc1ccc(Oc2ccc(OC)cc2)cc1. The molecule has 0 amide bonds. The van der Waals surface area contributed by atoms with Crippen molar-refractivity contribution in [2.45, 2.75) is 19.8 Å². The van der Waals surface area contributed by atoms with Gasteiger partial charge in [-0.1, -0.05) is 6.92 Å². The van der Waals surface area contributed by atoms with Crippen LogP contribution in [0.1, 0.15) is 19.8 Å². The van der Waals surface area contributed by atoms with Gasteiger partial charge in [-0.3, -0.25) is 0 Å². The van der Waals surface area contributed by atoms with Gasteiger partial charge in [0.1, 0.15) is 23.0 Å². The predicted molar refractivity (Wildman–Crippen MR) is 101 cm³/mol. The van der Waals surface area contributed by atoms with Crippen molar-refractivity contribution in [1.82, 2.24) is 0 Å². The molecule has 1 N–H and O–H groups in total. The molecule has 0 spiro atoms. The summed E-state index contributed by atoms with van der Waals surface area (Å²) < 4.78 is 21.4. The number of hydrogen-bond acceptors (Lipinski definition) is 5. The van der Waals surface area contributed by atoms with E-state index in [1.165, 1.54) is 6.21 Å². The highest BCUT2D eigenvalue weighted by Crippen LogP contribution is 2.25. The third-order valence-corrected chi connectivity index (χ3v) is 3.08. The van der Waals surface area contributed by atoms with E-state index in [0.29, 0.717) is 13.2 Å². The molecule has 136 valence electrons. The van der Waals surface area contributed by atoms with Gasteiger partial charge in [-0.05, 0) is 61.2 Å². The molecule has 2 aromatic rings. The van der Waals surface area contributed by atoms with Crippen LogP contribution in [0.4, 0.5) is 0 Å². The Balaban J connectivity index is 0.000000705. The van der Waals surface area contributed by atoms with E-state index >= 15 is 0 Å². The maximum Gasteiger partial charge on any atom is 0.127 e. The normalized spacial score (nSPS) is 9.56. The molecule has 25 heavy (non-hydrogen) atoms. The Morgan fingerprint density at radius 3 is 1.72 bits per heavy atom. The Morgan fingerprint density at radius 1 is 0.800 bits per heavy atom. The largest absolute Gasteiger partial charge is 0.497 e. The first kappa shape index (κ1) is 20.5. The summed E-state index contributed by atoms with van der Waals surface area (Å²) in [6.45, 7) is 3.29. The molecule has 0 aromatic heterocycles. The molecule has 0 radical (unpaired) electrons. The van der Waals surface area contributed by atoms with Gasteiger partial charge in [-0.25, -0.2) is 0 Å². The van der Waals surface area contributed by atoms with Gasteiger partial charge in [0.05, 0.1) is 13.7 Å². The van der Waals surface area contributed by atoms with Crippen LogP contribution in [0.25, 0.3) is 0 Å². The van der Waals surface area contributed by atoms with E-state index in [1.807, 2.05) is 55.5 Å². The standard InChI is InChI=1S/C17H20O4.C3H7N/c1-18-12-3-13-20-15-6-10-17(11-7-15)21-16-8-4-14(19-2)5-9-16;1-2-3-4/h4-11H,3,12-13H2,1-2H3;3-4H,2H2,1H3. The first-order chi connectivity index (χ1) is 12.2. The molecule has 0 bridgehead atoms. The number of rotatable bonds is 9. The quantitative estimate of drug-likeness (QED) is 0.516. The van der Waals surface area contributed by atoms with E-state index < -0.39 is 0 Å². The van der Waals surface area contributed by atoms with Gasteiger partial charge in [0.15, 0.2) is 0 Å². The van der Waals surface area contributed by atoms with Crippen LogP contribution in [0.2, 0.25) is 0 Å². The second-order valence-corrected chi connectivity index (χ2v) is 5.06. The van der Waals surface area contributed by atoms with Crippen molar-refractivity contribution in [3.63, 3.8) is 0 Å². The Bertz CT molecular complexity index is 582. The van der Waals surface area contributed by atoms with Crippen LogP contribution in [0, 0.1) is 5.41 Å². The summed E-state index contributed by atoms with van der Waals surface area (Å²) in [7, 11) is 3.33. The average molecular weight is 345 g/mol. The van der Waals surface area contributed by atoms with Crippen molar-refractivity contribution in [1.29, 1.82) is 5.41 Å². The highest BCUT2D eigenvalue weighted by atomic mass is 16.5. The van der Waals surface area contributed by atoms with Gasteiger partial charge in [0.2, 0.25) is 0 Å². The van der Waals surface area contributed by atoms with Crippen LogP contribution >= 0.6 is 0 Å². The molecule has 0 aliphatic heterocycles. The Morgan fingerprint density at radius 2 is 1.28 bits per heavy atom. The van der Waals surface area contributed by atoms with Gasteiger partial charge < -0.3 is 24.4 Å². The Kier molecular flexibility index (Phi) is 10.5. The summed E-state index contributed by atoms with van der Waals surface area (Å²) in [4.78, 5) is 0. The second kappa shape index (κ2) is 12.8. The summed E-state index contributed by atoms with van der Waals surface area (Å²) in [6.07, 6.45) is 3.11. The minimum atomic E-state index is 0.645. The summed E-state index contributed by atoms with van der Waals surface area (Å²) in [5.74, 6) is 3.17. The first-order valence-electron chi connectivity index (χ1n) is 8.26. The lowest BCUT2D eigenvalue weighted by molar-refractivity contribution is 0.172. The molecule has 0 aliphatic carbocycles. The van der Waals surface area contributed by atoms with E-state index in [1.54, 1.807) is 14.2 Å². The average Bonchev–Trinajstić information content (AvgIpc) is 2.67. The lowest BCUT2D eigenvalue weighted by Gasteiger charge is -2.09. The van der Waals surface area contributed by atoms with Crippen molar-refractivity contribution in [3.8, 4) is 23.0 Å². The van der Waals surface area contributed by atoms with Crippen LogP contribution in [0.3, 0.4) is 0 Å².